The molecule has 4 aromatic rings. The van der Waals surface area contributed by atoms with Crippen LogP contribution in [0.2, 0.25) is 0 Å². The third kappa shape index (κ3) is 7.57. The molecule has 10 heteroatoms. The third-order valence-corrected chi connectivity index (χ3v) is 10.2. The quantitative estimate of drug-likeness (QED) is 0.184. The summed E-state index contributed by atoms with van der Waals surface area (Å²) in [5.74, 6) is 3.39. The van der Waals surface area contributed by atoms with Crippen molar-refractivity contribution in [2.45, 2.75) is 57.9 Å². The summed E-state index contributed by atoms with van der Waals surface area (Å²) in [5, 5.41) is 4.52. The van der Waals surface area contributed by atoms with Gasteiger partial charge in [-0.1, -0.05) is 44.2 Å². The summed E-state index contributed by atoms with van der Waals surface area (Å²) in [7, 11) is -3.55. The van der Waals surface area contributed by atoms with E-state index >= 15 is 0 Å². The zero-order valence-corrected chi connectivity index (χ0v) is 27.8. The Morgan fingerprint density at radius 3 is 2.22 bits per heavy atom. The molecule has 1 aliphatic rings. The molecule has 1 atom stereocenters. The Labute approximate surface area is 267 Å². The van der Waals surface area contributed by atoms with Crippen molar-refractivity contribution >= 4 is 26.7 Å². The van der Waals surface area contributed by atoms with Gasteiger partial charge >= 0.3 is 0 Å². The van der Waals surface area contributed by atoms with Gasteiger partial charge < -0.3 is 14.8 Å². The average Bonchev–Trinajstić information content (AvgIpc) is 3.05. The van der Waals surface area contributed by atoms with E-state index in [0.717, 1.165) is 51.6 Å². The third-order valence-electron chi connectivity index (χ3n) is 8.31. The number of hydrogen-bond donors (Lipinski definition) is 1. The molecular weight excluding hydrogens is 586 g/mol. The number of aromatic nitrogens is 2. The van der Waals surface area contributed by atoms with Crippen LogP contribution in [0.1, 0.15) is 63.5 Å². The molecule has 3 aromatic carbocycles. The summed E-state index contributed by atoms with van der Waals surface area (Å²) in [5.41, 5.74) is 3.15. The molecule has 9 nitrogen and oxygen atoms in total. The minimum Gasteiger partial charge on any atom is -0.490 e. The van der Waals surface area contributed by atoms with E-state index in [0.29, 0.717) is 56.8 Å². The van der Waals surface area contributed by atoms with Gasteiger partial charge in [0.15, 0.2) is 11.5 Å². The second-order valence-electron chi connectivity index (χ2n) is 11.6. The van der Waals surface area contributed by atoms with Gasteiger partial charge in [0, 0.05) is 38.1 Å². The molecule has 1 aromatic heterocycles. The first kappa shape index (κ1) is 32.7. The smallest absolute Gasteiger partial charge is 0.243 e. The molecule has 0 spiro atoms. The molecule has 0 unspecified atom stereocenters. The van der Waals surface area contributed by atoms with Gasteiger partial charge in [0.1, 0.15) is 11.6 Å². The zero-order valence-electron chi connectivity index (χ0n) is 27.0. The van der Waals surface area contributed by atoms with Crippen molar-refractivity contribution in [3.8, 4) is 11.5 Å². The van der Waals surface area contributed by atoms with Crippen LogP contribution in [-0.2, 0) is 16.4 Å². The Hall–Kier alpha value is -3.73. The Bertz CT molecular complexity index is 1690. The van der Waals surface area contributed by atoms with Crippen molar-refractivity contribution in [3.05, 3.63) is 83.7 Å². The van der Waals surface area contributed by atoms with E-state index in [1.807, 2.05) is 62.4 Å². The molecule has 2 heterocycles. The highest BCUT2D eigenvalue weighted by atomic mass is 32.2. The van der Waals surface area contributed by atoms with E-state index in [2.05, 4.69) is 37.1 Å². The summed E-state index contributed by atoms with van der Waals surface area (Å²) in [4.78, 5) is 12.5. The molecule has 1 aliphatic heterocycles. The van der Waals surface area contributed by atoms with E-state index in [-0.39, 0.29) is 6.04 Å². The second kappa shape index (κ2) is 14.6. The average molecular weight is 632 g/mol. The standard InChI is InChI=1S/C35H45N5O4S/c1-6-43-32-17-12-27(24-33(32)44-7-2)18-19-36-35-30-10-8-9-11-31(30)37-34(38-35)26(5)39-20-22-40(23-21-39)45(41,42)29-15-13-28(14-16-29)25(3)4/h8-17,24-26H,6-7,18-23H2,1-5H3,(H,36,37,38)/t26-/m1/s1. The van der Waals surface area contributed by atoms with E-state index in [1.165, 1.54) is 0 Å². The normalized spacial score (nSPS) is 15.3. The van der Waals surface area contributed by atoms with Crippen LogP contribution in [0, 0.1) is 0 Å². The van der Waals surface area contributed by atoms with Gasteiger partial charge in [-0.15, -0.1) is 0 Å². The number of piperazine rings is 1. The maximum absolute atomic E-state index is 13.4. The highest BCUT2D eigenvalue weighted by Crippen LogP contribution is 2.30. The molecule has 0 bridgehead atoms. The molecule has 0 saturated carbocycles. The molecule has 0 radical (unpaired) electrons. The molecule has 1 fully saturated rings. The molecule has 0 aliphatic carbocycles. The van der Waals surface area contributed by atoms with Crippen LogP contribution in [0.5, 0.6) is 11.5 Å². The monoisotopic (exact) mass is 631 g/mol. The lowest BCUT2D eigenvalue weighted by molar-refractivity contribution is 0.141. The number of anilines is 1. The molecule has 5 rings (SSSR count). The summed E-state index contributed by atoms with van der Waals surface area (Å²) in [6, 6.07) is 21.3. The number of rotatable bonds is 13. The van der Waals surface area contributed by atoms with Crippen molar-refractivity contribution in [2.75, 3.05) is 51.3 Å². The maximum Gasteiger partial charge on any atom is 0.243 e. The fraction of sp³-hybridized carbons (Fsp3) is 0.429. The number of hydrogen-bond acceptors (Lipinski definition) is 8. The van der Waals surface area contributed by atoms with E-state index in [9.17, 15) is 8.42 Å². The van der Waals surface area contributed by atoms with Gasteiger partial charge in [-0.25, -0.2) is 18.4 Å². The number of nitrogens with zero attached hydrogens (tertiary/aromatic N) is 4. The number of benzene rings is 3. The van der Waals surface area contributed by atoms with Gasteiger partial charge in [-0.2, -0.15) is 4.31 Å². The fourth-order valence-corrected chi connectivity index (χ4v) is 7.08. The van der Waals surface area contributed by atoms with Crippen LogP contribution in [0.3, 0.4) is 0 Å². The van der Waals surface area contributed by atoms with Crippen molar-refractivity contribution in [2.24, 2.45) is 0 Å². The van der Waals surface area contributed by atoms with Crippen LogP contribution < -0.4 is 14.8 Å². The molecular formula is C35H45N5O4S. The summed E-state index contributed by atoms with van der Waals surface area (Å²) >= 11 is 0. The van der Waals surface area contributed by atoms with Gasteiger partial charge in [0.2, 0.25) is 10.0 Å². The Kier molecular flexibility index (Phi) is 10.6. The number of sulfonamides is 1. The Morgan fingerprint density at radius 2 is 1.53 bits per heavy atom. The highest BCUT2D eigenvalue weighted by Gasteiger charge is 2.31. The number of nitrogens with one attached hydrogen (secondary N) is 1. The lowest BCUT2D eigenvalue weighted by Gasteiger charge is -2.37. The van der Waals surface area contributed by atoms with Crippen LogP contribution >= 0.6 is 0 Å². The minimum atomic E-state index is -3.55. The Balaban J connectivity index is 1.26. The van der Waals surface area contributed by atoms with E-state index in [4.69, 9.17) is 19.4 Å². The molecule has 1 N–H and O–H groups in total. The topological polar surface area (TPSA) is 96.9 Å². The van der Waals surface area contributed by atoms with E-state index < -0.39 is 10.0 Å². The number of fused-ring (bicyclic) bond motifs is 1. The van der Waals surface area contributed by atoms with Crippen molar-refractivity contribution in [1.29, 1.82) is 0 Å². The van der Waals surface area contributed by atoms with Gasteiger partial charge in [-0.05, 0) is 80.6 Å². The Morgan fingerprint density at radius 1 is 0.844 bits per heavy atom. The molecule has 0 amide bonds. The van der Waals surface area contributed by atoms with E-state index in [1.54, 1.807) is 16.4 Å². The SMILES string of the molecule is CCOc1ccc(CCNc2nc([C@@H](C)N3CCN(S(=O)(=O)c4ccc(C(C)C)cc4)CC3)nc3ccccc23)cc1OCC. The minimum absolute atomic E-state index is 0.0785. The van der Waals surface area contributed by atoms with Crippen LogP contribution in [0.25, 0.3) is 10.9 Å². The molecule has 45 heavy (non-hydrogen) atoms. The largest absolute Gasteiger partial charge is 0.490 e. The van der Waals surface area contributed by atoms with Gasteiger partial charge in [-0.3, -0.25) is 4.90 Å². The van der Waals surface area contributed by atoms with Crippen molar-refractivity contribution in [1.82, 2.24) is 19.2 Å². The maximum atomic E-state index is 13.4. The van der Waals surface area contributed by atoms with Gasteiger partial charge in [0.25, 0.3) is 0 Å². The van der Waals surface area contributed by atoms with Gasteiger partial charge in [0.05, 0.1) is 29.7 Å². The van der Waals surface area contributed by atoms with Crippen LogP contribution in [0.15, 0.2) is 71.6 Å². The van der Waals surface area contributed by atoms with Crippen LogP contribution in [0.4, 0.5) is 5.82 Å². The molecule has 240 valence electrons. The fourth-order valence-electron chi connectivity index (χ4n) is 5.66. The predicted octanol–water partition coefficient (Wildman–Crippen LogP) is 6.27. The van der Waals surface area contributed by atoms with Crippen molar-refractivity contribution in [3.63, 3.8) is 0 Å². The number of ether oxygens (including phenoxy) is 2. The first-order valence-electron chi connectivity index (χ1n) is 15.9. The summed E-state index contributed by atoms with van der Waals surface area (Å²) in [6.07, 6.45) is 0.784. The summed E-state index contributed by atoms with van der Waals surface area (Å²) < 4.78 is 39.8. The lowest BCUT2D eigenvalue weighted by Crippen LogP contribution is -2.49. The van der Waals surface area contributed by atoms with Crippen LogP contribution in [-0.4, -0.2) is 73.5 Å². The lowest BCUT2D eigenvalue weighted by atomic mass is 10.0. The number of para-hydroxylation sites is 1. The first-order chi connectivity index (χ1) is 21.7. The van der Waals surface area contributed by atoms with Crippen molar-refractivity contribution < 1.29 is 17.9 Å². The first-order valence-corrected chi connectivity index (χ1v) is 17.4. The summed E-state index contributed by atoms with van der Waals surface area (Å²) in [6.45, 7) is 14.1. The second-order valence-corrected chi connectivity index (χ2v) is 13.5. The molecule has 1 saturated heterocycles. The zero-order chi connectivity index (χ0) is 32.0. The highest BCUT2D eigenvalue weighted by molar-refractivity contribution is 7.89. The predicted molar refractivity (Wildman–Crippen MR) is 180 cm³/mol.